The Hall–Kier alpha value is -2.25. The normalized spacial score (nSPS) is 16.6. The maximum Gasteiger partial charge on any atom is 0.264 e. The van der Waals surface area contributed by atoms with Gasteiger partial charge >= 0.3 is 0 Å². The fourth-order valence-electron chi connectivity index (χ4n) is 2.21. The van der Waals surface area contributed by atoms with Gasteiger partial charge < -0.3 is 14.2 Å². The Kier molecular flexibility index (Phi) is 4.92. The number of hydrogen-bond donors (Lipinski definition) is 0. The average Bonchev–Trinajstić information content (AvgIpc) is 2.58. The summed E-state index contributed by atoms with van der Waals surface area (Å²) in [6.07, 6.45) is 0.532. The summed E-state index contributed by atoms with van der Waals surface area (Å²) in [5, 5.41) is 0. The van der Waals surface area contributed by atoms with Gasteiger partial charge in [0.15, 0.2) is 17.6 Å². The summed E-state index contributed by atoms with van der Waals surface area (Å²) < 4.78 is 43.8. The summed E-state index contributed by atoms with van der Waals surface area (Å²) in [6, 6.07) is 15.1. The van der Waals surface area contributed by atoms with Gasteiger partial charge in [0, 0.05) is 6.07 Å². The highest BCUT2D eigenvalue weighted by Crippen LogP contribution is 2.35. The van der Waals surface area contributed by atoms with Crippen LogP contribution in [0.2, 0.25) is 0 Å². The van der Waals surface area contributed by atoms with Gasteiger partial charge in [0.25, 0.3) is 10.1 Å². The van der Waals surface area contributed by atoms with Gasteiger partial charge in [-0.1, -0.05) is 30.3 Å². The second-order valence-electron chi connectivity index (χ2n) is 5.42. The van der Waals surface area contributed by atoms with E-state index in [1.165, 1.54) is 0 Å². The molecule has 0 N–H and O–H groups in total. The van der Waals surface area contributed by atoms with Crippen LogP contribution < -0.4 is 14.2 Å². The summed E-state index contributed by atoms with van der Waals surface area (Å²) in [4.78, 5) is 0. The van der Waals surface area contributed by atoms with Gasteiger partial charge in [-0.15, -0.1) is 0 Å². The van der Waals surface area contributed by atoms with Crippen molar-refractivity contribution >= 4 is 10.1 Å². The molecule has 1 atom stereocenters. The fraction of sp³-hybridized carbons (Fsp3) is 0.294. The Bertz CT molecular complexity index is 788. The van der Waals surface area contributed by atoms with E-state index in [4.69, 9.17) is 18.4 Å². The summed E-state index contributed by atoms with van der Waals surface area (Å²) in [5.74, 6) is 1.78. The van der Waals surface area contributed by atoms with Crippen LogP contribution in [0.1, 0.15) is 5.56 Å². The molecule has 2 aromatic carbocycles. The van der Waals surface area contributed by atoms with Gasteiger partial charge in [-0.3, -0.25) is 4.18 Å². The molecule has 0 saturated carbocycles. The third kappa shape index (κ3) is 4.62. The molecule has 0 fully saturated rings. The Morgan fingerprint density at radius 2 is 1.92 bits per heavy atom. The van der Waals surface area contributed by atoms with Crippen LogP contribution in [0, 0.1) is 0 Å². The van der Waals surface area contributed by atoms with Crippen LogP contribution in [0.25, 0.3) is 0 Å². The molecule has 1 aliphatic rings. The monoisotopic (exact) mass is 350 g/mol. The molecule has 0 amide bonds. The smallest absolute Gasteiger partial charge is 0.264 e. The summed E-state index contributed by atoms with van der Waals surface area (Å²) in [7, 11) is -3.50. The first-order valence-corrected chi connectivity index (χ1v) is 9.26. The molecule has 1 heterocycles. The second kappa shape index (κ2) is 7.11. The fourth-order valence-corrected chi connectivity index (χ4v) is 2.61. The van der Waals surface area contributed by atoms with Crippen LogP contribution in [-0.4, -0.2) is 34.0 Å². The van der Waals surface area contributed by atoms with E-state index in [0.717, 1.165) is 11.8 Å². The van der Waals surface area contributed by atoms with Crippen molar-refractivity contribution in [1.82, 2.24) is 0 Å². The molecule has 128 valence electrons. The average molecular weight is 350 g/mol. The molecule has 1 aliphatic heterocycles. The Morgan fingerprint density at radius 1 is 1.12 bits per heavy atom. The molecule has 3 rings (SSSR count). The predicted octanol–water partition coefficient (Wildman–Crippen LogP) is 2.38. The summed E-state index contributed by atoms with van der Waals surface area (Å²) in [6.45, 7) is 0.598. The number of hydrogen-bond acceptors (Lipinski definition) is 6. The second-order valence-corrected chi connectivity index (χ2v) is 7.07. The Balaban J connectivity index is 1.59. The van der Waals surface area contributed by atoms with Crippen LogP contribution >= 0.6 is 0 Å². The lowest BCUT2D eigenvalue weighted by Gasteiger charge is -2.26. The number of ether oxygens (including phenoxy) is 3. The van der Waals surface area contributed by atoms with Gasteiger partial charge in [0.05, 0.1) is 6.26 Å². The number of benzene rings is 2. The molecule has 7 heteroatoms. The highest BCUT2D eigenvalue weighted by molar-refractivity contribution is 7.85. The first-order chi connectivity index (χ1) is 11.5. The zero-order valence-corrected chi connectivity index (χ0v) is 14.0. The highest BCUT2D eigenvalue weighted by atomic mass is 32.2. The molecule has 24 heavy (non-hydrogen) atoms. The van der Waals surface area contributed by atoms with Gasteiger partial charge in [0.2, 0.25) is 0 Å². The largest absolute Gasteiger partial charge is 0.489 e. The number of fused-ring (bicyclic) bond motifs is 1. The van der Waals surface area contributed by atoms with Crippen molar-refractivity contribution in [2.45, 2.75) is 12.7 Å². The van der Waals surface area contributed by atoms with Crippen molar-refractivity contribution in [2.75, 3.05) is 19.5 Å². The van der Waals surface area contributed by atoms with Crippen molar-refractivity contribution in [3.8, 4) is 17.2 Å². The highest BCUT2D eigenvalue weighted by Gasteiger charge is 2.23. The van der Waals surface area contributed by atoms with E-state index in [0.29, 0.717) is 23.9 Å². The molecule has 0 bridgehead atoms. The topological polar surface area (TPSA) is 71.1 Å². The Morgan fingerprint density at radius 3 is 2.67 bits per heavy atom. The lowest BCUT2D eigenvalue weighted by molar-refractivity contribution is 0.0554. The third-order valence-electron chi connectivity index (χ3n) is 3.35. The lowest BCUT2D eigenvalue weighted by Crippen LogP contribution is -2.34. The quantitative estimate of drug-likeness (QED) is 0.745. The van der Waals surface area contributed by atoms with Crippen molar-refractivity contribution in [3.05, 3.63) is 54.1 Å². The molecule has 6 nitrogen and oxygen atoms in total. The SMILES string of the molecule is CS(=O)(=O)OCC1COc2cc(OCc3ccccc3)ccc2O1. The van der Waals surface area contributed by atoms with E-state index in [1.54, 1.807) is 18.2 Å². The molecule has 0 spiro atoms. The summed E-state index contributed by atoms with van der Waals surface area (Å²) >= 11 is 0. The van der Waals surface area contributed by atoms with E-state index < -0.39 is 16.2 Å². The Labute approximate surface area is 141 Å². The third-order valence-corrected chi connectivity index (χ3v) is 3.91. The van der Waals surface area contributed by atoms with Gasteiger partial charge in [-0.05, 0) is 17.7 Å². The van der Waals surface area contributed by atoms with Crippen molar-refractivity contribution < 1.29 is 26.8 Å². The van der Waals surface area contributed by atoms with Gasteiger partial charge in [0.1, 0.15) is 25.6 Å². The zero-order chi connectivity index (χ0) is 17.0. The molecular formula is C17H18O6S. The van der Waals surface area contributed by atoms with Gasteiger partial charge in [-0.2, -0.15) is 8.42 Å². The first kappa shape index (κ1) is 16.6. The molecule has 0 saturated heterocycles. The van der Waals surface area contributed by atoms with E-state index in [9.17, 15) is 8.42 Å². The minimum absolute atomic E-state index is 0.0788. The molecule has 0 radical (unpaired) electrons. The lowest BCUT2D eigenvalue weighted by atomic mass is 10.2. The molecule has 0 aliphatic carbocycles. The van der Waals surface area contributed by atoms with E-state index in [1.807, 2.05) is 30.3 Å². The van der Waals surface area contributed by atoms with Crippen LogP contribution in [-0.2, 0) is 20.9 Å². The maximum absolute atomic E-state index is 11.0. The first-order valence-electron chi connectivity index (χ1n) is 7.44. The van der Waals surface area contributed by atoms with Crippen LogP contribution in [0.4, 0.5) is 0 Å². The molecular weight excluding hydrogens is 332 g/mol. The minimum atomic E-state index is -3.50. The van der Waals surface area contributed by atoms with Crippen LogP contribution in [0.5, 0.6) is 17.2 Å². The van der Waals surface area contributed by atoms with E-state index in [-0.39, 0.29) is 13.2 Å². The van der Waals surface area contributed by atoms with Crippen molar-refractivity contribution in [1.29, 1.82) is 0 Å². The molecule has 1 unspecified atom stereocenters. The standard InChI is InChI=1S/C17H18O6S/c1-24(18,19)22-12-15-11-21-17-9-14(7-8-16(17)23-15)20-10-13-5-3-2-4-6-13/h2-9,15H,10-12H2,1H3. The van der Waals surface area contributed by atoms with Crippen LogP contribution in [0.3, 0.4) is 0 Å². The molecule has 0 aromatic heterocycles. The zero-order valence-electron chi connectivity index (χ0n) is 13.2. The predicted molar refractivity (Wildman–Crippen MR) is 87.9 cm³/mol. The van der Waals surface area contributed by atoms with Crippen molar-refractivity contribution in [3.63, 3.8) is 0 Å². The summed E-state index contributed by atoms with van der Waals surface area (Å²) in [5.41, 5.74) is 1.07. The van der Waals surface area contributed by atoms with Gasteiger partial charge in [-0.25, -0.2) is 0 Å². The van der Waals surface area contributed by atoms with E-state index >= 15 is 0 Å². The maximum atomic E-state index is 11.0. The van der Waals surface area contributed by atoms with Crippen LogP contribution in [0.15, 0.2) is 48.5 Å². The van der Waals surface area contributed by atoms with Crippen molar-refractivity contribution in [2.24, 2.45) is 0 Å². The number of rotatable bonds is 6. The minimum Gasteiger partial charge on any atom is -0.489 e. The van der Waals surface area contributed by atoms with E-state index in [2.05, 4.69) is 0 Å². The molecule has 2 aromatic rings.